The average molecular weight is 752 g/mol. The Morgan fingerprint density at radius 2 is 1.02 bits per heavy atom. The van der Waals surface area contributed by atoms with Crippen LogP contribution in [0.2, 0.25) is 0 Å². The summed E-state index contributed by atoms with van der Waals surface area (Å²) in [7, 11) is 0. The molecule has 0 aliphatic carbocycles. The Bertz CT molecular complexity index is 1290. The number of aliphatic hydroxyl groups excluding tert-OH is 5. The highest BCUT2D eigenvalue weighted by Crippen LogP contribution is 2.05. The lowest BCUT2D eigenvalue weighted by Gasteiger charge is -2.28. The van der Waals surface area contributed by atoms with Crippen molar-refractivity contribution in [2.45, 2.75) is 87.6 Å². The fraction of sp³-hybridized carbons (Fsp3) is 0.667. The van der Waals surface area contributed by atoms with Crippen LogP contribution in [-0.4, -0.2) is 165 Å². The van der Waals surface area contributed by atoms with E-state index in [2.05, 4.69) is 31.6 Å². The summed E-state index contributed by atoms with van der Waals surface area (Å²) in [5.74, 6) is -10.2. The van der Waals surface area contributed by atoms with Gasteiger partial charge in [0.15, 0.2) is 5.96 Å². The molecular weight excluding hydrogens is 702 g/mol. The Balaban J connectivity index is 6.20. The van der Waals surface area contributed by atoms with Crippen LogP contribution in [0.4, 0.5) is 0 Å². The molecule has 0 radical (unpaired) electrons. The zero-order chi connectivity index (χ0) is 40.3. The molecule has 0 bridgehead atoms. The predicted octanol–water partition coefficient (Wildman–Crippen LogP) is -10.0. The number of nitrogens with two attached hydrogens (primary N) is 4. The second-order valence-electron chi connectivity index (χ2n) is 11.3. The fourth-order valence-electron chi connectivity index (χ4n) is 4.04. The molecule has 52 heavy (non-hydrogen) atoms. The first-order valence-electron chi connectivity index (χ1n) is 15.5. The van der Waals surface area contributed by atoms with Crippen molar-refractivity contribution in [2.24, 2.45) is 27.9 Å². The lowest BCUT2D eigenvalue weighted by molar-refractivity contribution is -0.143. The van der Waals surface area contributed by atoms with Gasteiger partial charge in [0.05, 0.1) is 38.4 Å². The number of guanidine groups is 1. The standard InChI is InChI=1S/C27H49N11O14/c1-10(42)18(37-20(45)12(28)7-39)25(50)34-14(6-17(29)44)22(47)38-19(11(2)43)24(49)33-13(4-3-5-32-27(30)31)21(46)35-15(8-40)23(48)36-16(9-41)26(51)52/h10-16,18-19,39-43H,3-9,28H2,1-2H3,(H2,29,44)(H,33,49)(H,34,50)(H,35,46)(H,36,48)(H,37,45)(H,38,47)(H,51,52)(H4,30,31,32)/t10-,11-,12+,13+,14+,15+,16+,18+,19+/m1/s1. The van der Waals surface area contributed by atoms with Gasteiger partial charge in [-0.25, -0.2) is 4.79 Å². The fourth-order valence-corrected chi connectivity index (χ4v) is 4.04. The van der Waals surface area contributed by atoms with Gasteiger partial charge in [0.2, 0.25) is 41.4 Å². The molecule has 0 aromatic carbocycles. The van der Waals surface area contributed by atoms with E-state index in [1.807, 2.05) is 5.32 Å². The van der Waals surface area contributed by atoms with Crippen LogP contribution in [0, 0.1) is 0 Å². The first-order valence-corrected chi connectivity index (χ1v) is 15.5. The van der Waals surface area contributed by atoms with E-state index in [4.69, 9.17) is 38.3 Å². The highest BCUT2D eigenvalue weighted by atomic mass is 16.4. The molecule has 0 aromatic rings. The Kier molecular flexibility index (Phi) is 21.0. The maximum Gasteiger partial charge on any atom is 0.328 e. The van der Waals surface area contributed by atoms with Gasteiger partial charge >= 0.3 is 5.97 Å². The Hall–Kier alpha value is -5.21. The van der Waals surface area contributed by atoms with Crippen molar-refractivity contribution >= 4 is 53.3 Å². The summed E-state index contributed by atoms with van der Waals surface area (Å²) in [4.78, 5) is 104. The van der Waals surface area contributed by atoms with Crippen molar-refractivity contribution in [2.75, 3.05) is 26.4 Å². The van der Waals surface area contributed by atoms with Gasteiger partial charge in [0.1, 0.15) is 42.3 Å². The van der Waals surface area contributed by atoms with Crippen LogP contribution in [0.3, 0.4) is 0 Å². The lowest BCUT2D eigenvalue weighted by atomic mass is 10.1. The highest BCUT2D eigenvalue weighted by molar-refractivity contribution is 5.98. The molecule has 0 aromatic heterocycles. The number of hydrogen-bond acceptors (Lipinski definition) is 15. The van der Waals surface area contributed by atoms with Crippen molar-refractivity contribution in [3.05, 3.63) is 0 Å². The van der Waals surface area contributed by atoms with E-state index >= 15 is 0 Å². The second-order valence-corrected chi connectivity index (χ2v) is 11.3. The first-order chi connectivity index (χ1) is 24.2. The van der Waals surface area contributed by atoms with Crippen LogP contribution < -0.4 is 54.8 Å². The first kappa shape index (κ1) is 46.8. The van der Waals surface area contributed by atoms with Crippen molar-refractivity contribution in [1.29, 1.82) is 0 Å². The van der Waals surface area contributed by atoms with Gasteiger partial charge in [-0.2, -0.15) is 0 Å². The number of nitrogens with one attached hydrogen (secondary N) is 6. The van der Waals surface area contributed by atoms with Gasteiger partial charge in [0.25, 0.3) is 0 Å². The molecule has 0 spiro atoms. The molecule has 0 heterocycles. The summed E-state index contributed by atoms with van der Waals surface area (Å²) in [6.45, 7) is -0.819. The smallest absolute Gasteiger partial charge is 0.328 e. The van der Waals surface area contributed by atoms with Crippen LogP contribution >= 0.6 is 0 Å². The number of carbonyl (C=O) groups is 8. The molecule has 7 amide bonds. The van der Waals surface area contributed by atoms with E-state index in [-0.39, 0.29) is 25.3 Å². The number of primary amides is 1. The van der Waals surface area contributed by atoms with E-state index < -0.39 is 128 Å². The molecule has 25 heteroatoms. The number of carbonyl (C=O) groups excluding carboxylic acids is 7. The molecule has 0 rings (SSSR count). The summed E-state index contributed by atoms with van der Waals surface area (Å²) in [6.07, 6.45) is -4.44. The molecule has 25 nitrogen and oxygen atoms in total. The summed E-state index contributed by atoms with van der Waals surface area (Å²) in [5.41, 5.74) is 21.2. The van der Waals surface area contributed by atoms with Gasteiger partial charge in [0, 0.05) is 6.54 Å². The molecule has 0 saturated heterocycles. The van der Waals surface area contributed by atoms with Crippen LogP contribution in [0.1, 0.15) is 33.1 Å². The van der Waals surface area contributed by atoms with E-state index in [1.54, 1.807) is 0 Å². The third-order valence-electron chi connectivity index (χ3n) is 6.89. The number of carboxylic acids is 1. The SMILES string of the molecule is C[C@@H](O)[C@H](NC(=O)[C@H](CC(N)=O)NC(=O)[C@@H](NC(=O)[C@@H](N)CO)[C@@H](C)O)C(=O)N[C@@H](CCCN=C(N)N)C(=O)N[C@@H](CO)C(=O)N[C@@H](CO)C(=O)O. The Morgan fingerprint density at radius 1 is 0.596 bits per heavy atom. The Labute approximate surface area is 296 Å². The number of hydrogen-bond donors (Lipinski definition) is 16. The minimum absolute atomic E-state index is 0.0144. The van der Waals surface area contributed by atoms with Crippen LogP contribution in [0.5, 0.6) is 0 Å². The lowest BCUT2D eigenvalue weighted by Crippen LogP contribution is -2.63. The number of aliphatic imine (C=N–C) groups is 1. The molecule has 0 aliphatic rings. The summed E-state index contributed by atoms with van der Waals surface area (Å²) >= 11 is 0. The average Bonchev–Trinajstić information content (AvgIpc) is 3.06. The number of carboxylic acid groups (broad SMARTS) is 1. The molecular formula is C27H49N11O14. The molecule has 296 valence electrons. The third-order valence-corrected chi connectivity index (χ3v) is 6.89. The summed E-state index contributed by atoms with van der Waals surface area (Å²) in [6, 6.07) is -12.2. The van der Waals surface area contributed by atoms with E-state index in [0.29, 0.717) is 0 Å². The number of nitrogens with zero attached hydrogens (tertiary/aromatic N) is 1. The van der Waals surface area contributed by atoms with Crippen molar-refractivity contribution in [3.8, 4) is 0 Å². The topological polar surface area (TPSA) is 447 Å². The van der Waals surface area contributed by atoms with Crippen molar-refractivity contribution in [3.63, 3.8) is 0 Å². The normalized spacial score (nSPS) is 16.1. The number of rotatable bonds is 24. The van der Waals surface area contributed by atoms with Gasteiger partial charge in [-0.15, -0.1) is 0 Å². The number of aliphatic hydroxyl groups is 5. The summed E-state index contributed by atoms with van der Waals surface area (Å²) < 4.78 is 0. The van der Waals surface area contributed by atoms with E-state index in [1.165, 1.54) is 0 Å². The molecule has 0 fully saturated rings. The third kappa shape index (κ3) is 16.7. The predicted molar refractivity (Wildman–Crippen MR) is 176 cm³/mol. The maximum atomic E-state index is 13.4. The minimum Gasteiger partial charge on any atom is -0.480 e. The number of amides is 7. The van der Waals surface area contributed by atoms with Gasteiger partial charge in [-0.1, -0.05) is 0 Å². The molecule has 0 saturated carbocycles. The largest absolute Gasteiger partial charge is 0.480 e. The number of aliphatic carboxylic acids is 1. The monoisotopic (exact) mass is 751 g/mol. The zero-order valence-corrected chi connectivity index (χ0v) is 28.4. The van der Waals surface area contributed by atoms with Crippen LogP contribution in [0.25, 0.3) is 0 Å². The van der Waals surface area contributed by atoms with Crippen LogP contribution in [0.15, 0.2) is 4.99 Å². The molecule has 0 aliphatic heterocycles. The highest BCUT2D eigenvalue weighted by Gasteiger charge is 2.36. The van der Waals surface area contributed by atoms with Gasteiger partial charge in [-0.3, -0.25) is 38.6 Å². The maximum absolute atomic E-state index is 13.4. The molecule has 0 unspecified atom stereocenters. The summed E-state index contributed by atoms with van der Waals surface area (Å²) in [5, 5.41) is 69.9. The van der Waals surface area contributed by atoms with Gasteiger partial charge in [-0.05, 0) is 26.7 Å². The minimum atomic E-state index is -1.90. The molecule has 9 atom stereocenters. The van der Waals surface area contributed by atoms with Crippen LogP contribution in [-0.2, 0) is 38.4 Å². The quantitative estimate of drug-likeness (QED) is 0.0247. The van der Waals surface area contributed by atoms with E-state index in [0.717, 1.165) is 13.8 Å². The van der Waals surface area contributed by atoms with E-state index in [9.17, 15) is 53.7 Å². The van der Waals surface area contributed by atoms with Crippen molar-refractivity contribution in [1.82, 2.24) is 31.9 Å². The van der Waals surface area contributed by atoms with Crippen molar-refractivity contribution < 1.29 is 69.0 Å². The second kappa shape index (κ2) is 23.3. The van der Waals surface area contributed by atoms with Gasteiger partial charge < -0.3 is 85.5 Å². The molecule has 20 N–H and O–H groups in total. The zero-order valence-electron chi connectivity index (χ0n) is 28.4. The Morgan fingerprint density at radius 3 is 1.44 bits per heavy atom.